The molecular formula is C11H20N2OS. The lowest BCUT2D eigenvalue weighted by Gasteiger charge is -2.20. The number of aliphatic imine (C=N–C) groups is 1. The van der Waals surface area contributed by atoms with Crippen LogP contribution in [-0.4, -0.2) is 34.3 Å². The van der Waals surface area contributed by atoms with Crippen molar-refractivity contribution in [1.82, 2.24) is 4.90 Å². The summed E-state index contributed by atoms with van der Waals surface area (Å²) in [5, 5.41) is 0.913. The number of amides is 1. The maximum Gasteiger partial charge on any atom is 0.239 e. The number of carbonyl (C=O) groups is 1. The molecule has 1 saturated heterocycles. The maximum atomic E-state index is 11.5. The summed E-state index contributed by atoms with van der Waals surface area (Å²) in [6.07, 6.45) is 1.09. The highest BCUT2D eigenvalue weighted by Gasteiger charge is 2.29. The summed E-state index contributed by atoms with van der Waals surface area (Å²) >= 11 is 1.56. The lowest BCUT2D eigenvalue weighted by Crippen LogP contribution is -2.35. The third-order valence-corrected chi connectivity index (χ3v) is 3.24. The molecule has 0 bridgehead atoms. The Balaban J connectivity index is 2.57. The first-order valence-electron chi connectivity index (χ1n) is 5.51. The second-order valence-corrected chi connectivity index (χ2v) is 5.44. The molecule has 0 aromatic rings. The standard InChI is InChI=1S/C11H20N2OS/c1-8(2)5-6-12-11-13(9(3)4)10(14)7-15-11/h8-9H,5-7H2,1-4H3/b12-11-. The molecule has 4 heteroatoms. The summed E-state index contributed by atoms with van der Waals surface area (Å²) < 4.78 is 0. The Bertz CT molecular complexity index is 261. The molecule has 1 aliphatic heterocycles. The van der Waals surface area contributed by atoms with E-state index < -0.39 is 0 Å². The second-order valence-electron chi connectivity index (χ2n) is 4.49. The minimum absolute atomic E-state index is 0.193. The van der Waals surface area contributed by atoms with E-state index in [1.807, 2.05) is 18.7 Å². The molecule has 86 valence electrons. The number of rotatable bonds is 4. The van der Waals surface area contributed by atoms with Crippen molar-refractivity contribution in [2.24, 2.45) is 10.9 Å². The van der Waals surface area contributed by atoms with E-state index in [4.69, 9.17) is 0 Å². The smallest absolute Gasteiger partial charge is 0.239 e. The van der Waals surface area contributed by atoms with Gasteiger partial charge in [-0.3, -0.25) is 14.7 Å². The molecule has 0 saturated carbocycles. The second kappa shape index (κ2) is 5.54. The van der Waals surface area contributed by atoms with Crippen molar-refractivity contribution in [3.8, 4) is 0 Å². The van der Waals surface area contributed by atoms with E-state index in [-0.39, 0.29) is 11.9 Å². The SMILES string of the molecule is CC(C)CC/N=C1\SCC(=O)N1C(C)C. The van der Waals surface area contributed by atoms with Gasteiger partial charge in [-0.25, -0.2) is 0 Å². The molecule has 0 N–H and O–H groups in total. The molecule has 0 unspecified atom stereocenters. The van der Waals surface area contributed by atoms with E-state index >= 15 is 0 Å². The lowest BCUT2D eigenvalue weighted by atomic mass is 10.1. The van der Waals surface area contributed by atoms with Crippen LogP contribution < -0.4 is 0 Å². The molecule has 3 nitrogen and oxygen atoms in total. The molecule has 1 heterocycles. The van der Waals surface area contributed by atoms with Crippen LogP contribution in [0.3, 0.4) is 0 Å². The van der Waals surface area contributed by atoms with Gasteiger partial charge in [0.1, 0.15) is 0 Å². The van der Waals surface area contributed by atoms with Crippen LogP contribution in [0.5, 0.6) is 0 Å². The van der Waals surface area contributed by atoms with Gasteiger partial charge in [-0.15, -0.1) is 0 Å². The van der Waals surface area contributed by atoms with Crippen molar-refractivity contribution in [3.05, 3.63) is 0 Å². The van der Waals surface area contributed by atoms with Crippen LogP contribution in [0, 0.1) is 5.92 Å². The summed E-state index contributed by atoms with van der Waals surface area (Å²) in [4.78, 5) is 17.9. The molecule has 1 fully saturated rings. The number of nitrogens with zero attached hydrogens (tertiary/aromatic N) is 2. The monoisotopic (exact) mass is 228 g/mol. The normalized spacial score (nSPS) is 20.0. The Morgan fingerprint density at radius 3 is 2.60 bits per heavy atom. The molecule has 0 aromatic heterocycles. The third-order valence-electron chi connectivity index (χ3n) is 2.27. The predicted molar refractivity (Wildman–Crippen MR) is 66.2 cm³/mol. The summed E-state index contributed by atoms with van der Waals surface area (Å²) in [6, 6.07) is 0.227. The van der Waals surface area contributed by atoms with Gasteiger partial charge in [0.15, 0.2) is 5.17 Å². The minimum atomic E-state index is 0.193. The van der Waals surface area contributed by atoms with Gasteiger partial charge in [0.05, 0.1) is 5.75 Å². The zero-order valence-corrected chi connectivity index (χ0v) is 10.8. The van der Waals surface area contributed by atoms with Gasteiger partial charge < -0.3 is 0 Å². The van der Waals surface area contributed by atoms with Gasteiger partial charge in [-0.2, -0.15) is 0 Å². The van der Waals surface area contributed by atoms with Crippen molar-refractivity contribution < 1.29 is 4.79 Å². The van der Waals surface area contributed by atoms with Gasteiger partial charge in [0, 0.05) is 12.6 Å². The van der Waals surface area contributed by atoms with Crippen molar-refractivity contribution in [1.29, 1.82) is 0 Å². The maximum absolute atomic E-state index is 11.5. The molecular weight excluding hydrogens is 208 g/mol. The van der Waals surface area contributed by atoms with Crippen molar-refractivity contribution in [2.45, 2.75) is 40.2 Å². The number of hydrogen-bond acceptors (Lipinski definition) is 3. The number of hydrogen-bond donors (Lipinski definition) is 0. The lowest BCUT2D eigenvalue weighted by molar-refractivity contribution is -0.125. The fourth-order valence-corrected chi connectivity index (χ4v) is 2.45. The highest BCUT2D eigenvalue weighted by atomic mass is 32.2. The Kier molecular flexibility index (Phi) is 4.64. The quantitative estimate of drug-likeness (QED) is 0.740. The molecule has 1 amide bonds. The minimum Gasteiger partial charge on any atom is -0.288 e. The van der Waals surface area contributed by atoms with E-state index in [0.29, 0.717) is 11.7 Å². The van der Waals surface area contributed by atoms with E-state index in [2.05, 4.69) is 18.8 Å². The molecule has 15 heavy (non-hydrogen) atoms. The van der Waals surface area contributed by atoms with Crippen LogP contribution in [-0.2, 0) is 4.79 Å². The van der Waals surface area contributed by atoms with Crippen molar-refractivity contribution in [2.75, 3.05) is 12.3 Å². The van der Waals surface area contributed by atoms with Crippen LogP contribution in [0.4, 0.5) is 0 Å². The topological polar surface area (TPSA) is 32.7 Å². The van der Waals surface area contributed by atoms with Crippen LogP contribution in [0.1, 0.15) is 34.1 Å². The number of amidine groups is 1. The van der Waals surface area contributed by atoms with E-state index in [1.165, 1.54) is 0 Å². The molecule has 1 rings (SSSR count). The third kappa shape index (κ3) is 3.52. The molecule has 0 aliphatic carbocycles. The first-order chi connectivity index (χ1) is 7.02. The Hall–Kier alpha value is -0.510. The van der Waals surface area contributed by atoms with Gasteiger partial charge in [-0.05, 0) is 26.2 Å². The molecule has 0 radical (unpaired) electrons. The zero-order valence-electron chi connectivity index (χ0n) is 9.99. The zero-order chi connectivity index (χ0) is 11.4. The summed E-state index contributed by atoms with van der Waals surface area (Å²) in [7, 11) is 0. The first kappa shape index (κ1) is 12.6. The molecule has 0 spiro atoms. The molecule has 0 aromatic carbocycles. The summed E-state index contributed by atoms with van der Waals surface area (Å²) in [5.74, 6) is 1.42. The van der Waals surface area contributed by atoms with E-state index in [0.717, 1.165) is 18.1 Å². The van der Waals surface area contributed by atoms with Crippen LogP contribution in [0.15, 0.2) is 4.99 Å². The van der Waals surface area contributed by atoms with Crippen LogP contribution in [0.2, 0.25) is 0 Å². The van der Waals surface area contributed by atoms with E-state index in [1.54, 1.807) is 11.8 Å². The molecule has 0 atom stereocenters. The van der Waals surface area contributed by atoms with Crippen molar-refractivity contribution >= 4 is 22.8 Å². The van der Waals surface area contributed by atoms with Gasteiger partial charge >= 0.3 is 0 Å². The Labute approximate surface area is 96.3 Å². The fraction of sp³-hybridized carbons (Fsp3) is 0.818. The van der Waals surface area contributed by atoms with Gasteiger partial charge in [0.25, 0.3) is 0 Å². The van der Waals surface area contributed by atoms with Gasteiger partial charge in [-0.1, -0.05) is 25.6 Å². The van der Waals surface area contributed by atoms with E-state index in [9.17, 15) is 4.79 Å². The van der Waals surface area contributed by atoms with Crippen molar-refractivity contribution in [3.63, 3.8) is 0 Å². The Morgan fingerprint density at radius 2 is 2.07 bits per heavy atom. The average molecular weight is 228 g/mol. The highest BCUT2D eigenvalue weighted by Crippen LogP contribution is 2.21. The highest BCUT2D eigenvalue weighted by molar-refractivity contribution is 8.15. The number of thioether (sulfide) groups is 1. The van der Waals surface area contributed by atoms with Crippen LogP contribution >= 0.6 is 11.8 Å². The number of carbonyl (C=O) groups excluding carboxylic acids is 1. The Morgan fingerprint density at radius 1 is 1.40 bits per heavy atom. The largest absolute Gasteiger partial charge is 0.288 e. The predicted octanol–water partition coefficient (Wildman–Crippen LogP) is 2.37. The van der Waals surface area contributed by atoms with Gasteiger partial charge in [0.2, 0.25) is 5.91 Å². The van der Waals surface area contributed by atoms with Crippen LogP contribution in [0.25, 0.3) is 0 Å². The summed E-state index contributed by atoms with van der Waals surface area (Å²) in [6.45, 7) is 9.26. The average Bonchev–Trinajstić information content (AvgIpc) is 2.46. The first-order valence-corrected chi connectivity index (χ1v) is 6.50. The summed E-state index contributed by atoms with van der Waals surface area (Å²) in [5.41, 5.74) is 0. The molecule has 1 aliphatic rings. The fourth-order valence-electron chi connectivity index (χ4n) is 1.42.